The normalized spacial score (nSPS) is 20.5. The average Bonchev–Trinajstić information content (AvgIpc) is 2.97. The van der Waals surface area contributed by atoms with Gasteiger partial charge in [-0.1, -0.05) is 19.9 Å². The van der Waals surface area contributed by atoms with Crippen LogP contribution in [0.2, 0.25) is 0 Å². The summed E-state index contributed by atoms with van der Waals surface area (Å²) in [6.45, 7) is 5.67. The molecule has 0 aromatic carbocycles. The fraction of sp³-hybridized carbons (Fsp3) is 0.615. The van der Waals surface area contributed by atoms with Gasteiger partial charge < -0.3 is 10.1 Å². The van der Waals surface area contributed by atoms with Crippen LogP contribution in [0.15, 0.2) is 17.5 Å². The molecule has 2 rings (SSSR count). The quantitative estimate of drug-likeness (QED) is 0.894. The SMILES string of the molecule is CC(C)(CNC(=O)C1CCCO1)c1cccs1. The topological polar surface area (TPSA) is 38.3 Å². The Morgan fingerprint density at radius 3 is 3.06 bits per heavy atom. The third-order valence-corrected chi connectivity index (χ3v) is 4.35. The molecule has 1 atom stereocenters. The summed E-state index contributed by atoms with van der Waals surface area (Å²) < 4.78 is 5.36. The van der Waals surface area contributed by atoms with Gasteiger partial charge in [-0.15, -0.1) is 11.3 Å². The maximum absolute atomic E-state index is 11.8. The summed E-state index contributed by atoms with van der Waals surface area (Å²) in [5.41, 5.74) is -0.0115. The van der Waals surface area contributed by atoms with E-state index in [1.165, 1.54) is 4.88 Å². The van der Waals surface area contributed by atoms with Gasteiger partial charge in [0.2, 0.25) is 5.91 Å². The van der Waals surface area contributed by atoms with Crippen LogP contribution < -0.4 is 5.32 Å². The molecular weight excluding hydrogens is 234 g/mol. The van der Waals surface area contributed by atoms with E-state index in [4.69, 9.17) is 4.74 Å². The van der Waals surface area contributed by atoms with Gasteiger partial charge in [0.25, 0.3) is 0 Å². The number of ether oxygens (including phenoxy) is 1. The number of nitrogens with one attached hydrogen (secondary N) is 1. The van der Waals surface area contributed by atoms with Gasteiger partial charge in [0.1, 0.15) is 6.10 Å². The summed E-state index contributed by atoms with van der Waals surface area (Å²) in [5.74, 6) is 0.0344. The number of rotatable bonds is 4. The largest absolute Gasteiger partial charge is 0.368 e. The molecule has 1 unspecified atom stereocenters. The van der Waals surface area contributed by atoms with Crippen molar-refractivity contribution >= 4 is 17.2 Å². The maximum atomic E-state index is 11.8. The zero-order valence-corrected chi connectivity index (χ0v) is 11.2. The van der Waals surface area contributed by atoms with Crippen LogP contribution in [0.5, 0.6) is 0 Å². The van der Waals surface area contributed by atoms with Gasteiger partial charge in [0.15, 0.2) is 0 Å². The molecule has 0 aliphatic carbocycles. The molecule has 94 valence electrons. The lowest BCUT2D eigenvalue weighted by molar-refractivity contribution is -0.130. The Morgan fingerprint density at radius 1 is 1.65 bits per heavy atom. The summed E-state index contributed by atoms with van der Waals surface area (Å²) in [6.07, 6.45) is 1.62. The maximum Gasteiger partial charge on any atom is 0.249 e. The Morgan fingerprint density at radius 2 is 2.47 bits per heavy atom. The summed E-state index contributed by atoms with van der Waals surface area (Å²) in [4.78, 5) is 13.1. The zero-order valence-electron chi connectivity index (χ0n) is 10.4. The summed E-state index contributed by atoms with van der Waals surface area (Å²) in [6, 6.07) is 4.16. The highest BCUT2D eigenvalue weighted by Crippen LogP contribution is 2.26. The predicted octanol–water partition coefficient (Wildman–Crippen LogP) is 2.32. The van der Waals surface area contributed by atoms with E-state index < -0.39 is 0 Å². The molecule has 0 spiro atoms. The van der Waals surface area contributed by atoms with Crippen molar-refractivity contribution in [2.75, 3.05) is 13.2 Å². The first-order chi connectivity index (χ1) is 8.09. The van der Waals surface area contributed by atoms with Gasteiger partial charge in [-0.25, -0.2) is 0 Å². The lowest BCUT2D eigenvalue weighted by Crippen LogP contribution is -2.41. The first-order valence-corrected chi connectivity index (χ1v) is 6.91. The van der Waals surface area contributed by atoms with Crippen molar-refractivity contribution in [3.05, 3.63) is 22.4 Å². The minimum atomic E-state index is -0.228. The second-order valence-corrected chi connectivity index (χ2v) is 6.03. The van der Waals surface area contributed by atoms with Crippen molar-refractivity contribution in [1.82, 2.24) is 5.32 Å². The standard InChI is InChI=1S/C13H19NO2S/c1-13(2,11-6-4-8-17-11)9-14-12(15)10-5-3-7-16-10/h4,6,8,10H,3,5,7,9H2,1-2H3,(H,14,15). The Bertz CT molecular complexity index is 367. The van der Waals surface area contributed by atoms with Gasteiger partial charge in [0.05, 0.1) is 0 Å². The fourth-order valence-corrected chi connectivity index (χ4v) is 2.81. The highest BCUT2D eigenvalue weighted by Gasteiger charge is 2.27. The van der Waals surface area contributed by atoms with Crippen LogP contribution >= 0.6 is 11.3 Å². The van der Waals surface area contributed by atoms with Crippen molar-refractivity contribution in [3.63, 3.8) is 0 Å². The Kier molecular flexibility index (Phi) is 3.84. The average molecular weight is 253 g/mol. The molecule has 1 saturated heterocycles. The highest BCUT2D eigenvalue weighted by atomic mass is 32.1. The molecule has 4 heteroatoms. The predicted molar refractivity (Wildman–Crippen MR) is 69.3 cm³/mol. The monoisotopic (exact) mass is 253 g/mol. The van der Waals surface area contributed by atoms with Crippen LogP contribution in [0.3, 0.4) is 0 Å². The van der Waals surface area contributed by atoms with Crippen molar-refractivity contribution in [2.45, 2.75) is 38.2 Å². The first kappa shape index (κ1) is 12.6. The first-order valence-electron chi connectivity index (χ1n) is 6.03. The molecule has 17 heavy (non-hydrogen) atoms. The molecule has 2 heterocycles. The molecule has 1 aromatic rings. The zero-order chi connectivity index (χ0) is 12.3. The highest BCUT2D eigenvalue weighted by molar-refractivity contribution is 7.10. The van der Waals surface area contributed by atoms with Crippen LogP contribution in [0, 0.1) is 0 Å². The molecule has 1 aliphatic rings. The Labute approximate surface area is 106 Å². The van der Waals surface area contributed by atoms with E-state index in [0.29, 0.717) is 13.2 Å². The molecule has 1 N–H and O–H groups in total. The Balaban J connectivity index is 1.87. The minimum Gasteiger partial charge on any atom is -0.368 e. The molecule has 0 bridgehead atoms. The molecule has 1 aromatic heterocycles. The number of thiophene rings is 1. The smallest absolute Gasteiger partial charge is 0.249 e. The lowest BCUT2D eigenvalue weighted by atomic mass is 9.91. The number of hydrogen-bond donors (Lipinski definition) is 1. The van der Waals surface area contributed by atoms with Gasteiger partial charge in [0, 0.05) is 23.4 Å². The third-order valence-electron chi connectivity index (χ3n) is 3.11. The van der Waals surface area contributed by atoms with Gasteiger partial charge >= 0.3 is 0 Å². The van der Waals surface area contributed by atoms with E-state index in [9.17, 15) is 4.79 Å². The summed E-state index contributed by atoms with van der Waals surface area (Å²) >= 11 is 1.73. The van der Waals surface area contributed by atoms with Gasteiger partial charge in [-0.3, -0.25) is 4.79 Å². The number of amides is 1. The molecule has 1 aliphatic heterocycles. The van der Waals surface area contributed by atoms with E-state index in [1.54, 1.807) is 11.3 Å². The molecule has 1 amide bonds. The number of hydrogen-bond acceptors (Lipinski definition) is 3. The fourth-order valence-electron chi connectivity index (χ4n) is 1.96. The van der Waals surface area contributed by atoms with Crippen LogP contribution in [0.4, 0.5) is 0 Å². The van der Waals surface area contributed by atoms with E-state index in [0.717, 1.165) is 12.8 Å². The van der Waals surface area contributed by atoms with E-state index >= 15 is 0 Å². The number of carbonyl (C=O) groups excluding carboxylic acids is 1. The molecular formula is C13H19NO2S. The van der Waals surface area contributed by atoms with Crippen molar-refractivity contribution in [2.24, 2.45) is 0 Å². The van der Waals surface area contributed by atoms with E-state index in [1.807, 2.05) is 6.07 Å². The van der Waals surface area contributed by atoms with Crippen LogP contribution in [-0.4, -0.2) is 25.2 Å². The molecule has 1 fully saturated rings. The van der Waals surface area contributed by atoms with Crippen LogP contribution in [0.25, 0.3) is 0 Å². The molecule has 0 saturated carbocycles. The minimum absolute atomic E-state index is 0.0115. The van der Waals surface area contributed by atoms with E-state index in [-0.39, 0.29) is 17.4 Å². The summed E-state index contributed by atoms with van der Waals surface area (Å²) in [7, 11) is 0. The molecule has 0 radical (unpaired) electrons. The Hall–Kier alpha value is -0.870. The van der Waals surface area contributed by atoms with Crippen molar-refractivity contribution < 1.29 is 9.53 Å². The van der Waals surface area contributed by atoms with Crippen LogP contribution in [0.1, 0.15) is 31.6 Å². The van der Waals surface area contributed by atoms with E-state index in [2.05, 4.69) is 30.6 Å². The summed E-state index contributed by atoms with van der Waals surface area (Å²) in [5, 5.41) is 5.06. The number of carbonyl (C=O) groups is 1. The second kappa shape index (κ2) is 5.19. The second-order valence-electron chi connectivity index (χ2n) is 5.08. The van der Waals surface area contributed by atoms with Gasteiger partial charge in [-0.05, 0) is 24.3 Å². The van der Waals surface area contributed by atoms with Gasteiger partial charge in [-0.2, -0.15) is 0 Å². The molecule has 3 nitrogen and oxygen atoms in total. The van der Waals surface area contributed by atoms with Crippen molar-refractivity contribution in [3.8, 4) is 0 Å². The van der Waals surface area contributed by atoms with Crippen molar-refractivity contribution in [1.29, 1.82) is 0 Å². The lowest BCUT2D eigenvalue weighted by Gasteiger charge is -2.24. The van der Waals surface area contributed by atoms with Crippen LogP contribution in [-0.2, 0) is 14.9 Å². The third kappa shape index (κ3) is 3.07.